The zero-order valence-corrected chi connectivity index (χ0v) is 21.8. The van der Waals surface area contributed by atoms with E-state index >= 15 is 0 Å². The molecule has 4 aromatic rings. The number of benzene rings is 2. The number of rotatable bonds is 14. The quantitative estimate of drug-likeness (QED) is 0.221. The fourth-order valence-corrected chi connectivity index (χ4v) is 4.44. The number of anilines is 1. The molecule has 8 heteroatoms. The third kappa shape index (κ3) is 8.13. The molecule has 8 nitrogen and oxygen atoms in total. The molecule has 0 spiro atoms. The van der Waals surface area contributed by atoms with Gasteiger partial charge in [-0.25, -0.2) is 9.97 Å². The van der Waals surface area contributed by atoms with Crippen molar-refractivity contribution >= 4 is 11.6 Å². The van der Waals surface area contributed by atoms with Crippen LogP contribution < -0.4 is 5.32 Å². The molecule has 0 aliphatic heterocycles. The maximum atomic E-state index is 12.8. The summed E-state index contributed by atoms with van der Waals surface area (Å²) in [5, 5.41) is 3.02. The lowest BCUT2D eigenvalue weighted by Crippen LogP contribution is -2.24. The number of amides is 1. The number of aromatic amines is 2. The highest BCUT2D eigenvalue weighted by Gasteiger charge is 2.12. The average molecular weight is 500 g/mol. The van der Waals surface area contributed by atoms with E-state index in [1.54, 1.807) is 12.4 Å². The summed E-state index contributed by atoms with van der Waals surface area (Å²) in [4.78, 5) is 32.6. The van der Waals surface area contributed by atoms with Gasteiger partial charge in [0.15, 0.2) is 0 Å². The molecule has 3 N–H and O–H groups in total. The molecular weight excluding hydrogens is 462 g/mol. The summed E-state index contributed by atoms with van der Waals surface area (Å²) >= 11 is 0. The van der Waals surface area contributed by atoms with Gasteiger partial charge in [-0.05, 0) is 61.3 Å². The van der Waals surface area contributed by atoms with Gasteiger partial charge >= 0.3 is 0 Å². The summed E-state index contributed by atoms with van der Waals surface area (Å²) in [6.45, 7) is 9.60. The van der Waals surface area contributed by atoms with E-state index in [1.807, 2.05) is 48.8 Å². The fourth-order valence-electron chi connectivity index (χ4n) is 4.44. The molecule has 0 aliphatic carbocycles. The molecule has 1 amide bonds. The summed E-state index contributed by atoms with van der Waals surface area (Å²) < 4.78 is 0. The first-order chi connectivity index (χ1) is 18.1. The minimum atomic E-state index is -0.101. The Morgan fingerprint density at radius 2 is 1.24 bits per heavy atom. The minimum absolute atomic E-state index is 0.101. The van der Waals surface area contributed by atoms with Gasteiger partial charge in [0, 0.05) is 49.1 Å². The molecular formula is C29H37N7O. The molecule has 194 valence electrons. The van der Waals surface area contributed by atoms with Crippen molar-refractivity contribution in [2.24, 2.45) is 0 Å². The highest BCUT2D eigenvalue weighted by molar-refractivity contribution is 6.04. The largest absolute Gasteiger partial charge is 0.348 e. The Labute approximate surface area is 219 Å². The van der Waals surface area contributed by atoms with Gasteiger partial charge in [-0.3, -0.25) is 14.6 Å². The van der Waals surface area contributed by atoms with E-state index in [9.17, 15) is 4.79 Å². The van der Waals surface area contributed by atoms with Crippen LogP contribution in [0.4, 0.5) is 5.69 Å². The lowest BCUT2D eigenvalue weighted by molar-refractivity contribution is 0.102. The number of nitrogens with one attached hydrogen (secondary N) is 3. The van der Waals surface area contributed by atoms with Crippen molar-refractivity contribution in [1.29, 1.82) is 0 Å². The lowest BCUT2D eigenvalue weighted by Gasteiger charge is -2.21. The van der Waals surface area contributed by atoms with Crippen LogP contribution in [0.2, 0.25) is 0 Å². The number of carbonyl (C=O) groups excluding carboxylic acids is 1. The van der Waals surface area contributed by atoms with Crippen LogP contribution in [0.15, 0.2) is 73.3 Å². The van der Waals surface area contributed by atoms with Gasteiger partial charge in [-0.1, -0.05) is 38.1 Å². The second kappa shape index (κ2) is 13.5. The van der Waals surface area contributed by atoms with E-state index in [0.717, 1.165) is 61.9 Å². The average Bonchev–Trinajstić information content (AvgIpc) is 3.61. The Balaban J connectivity index is 1.33. The monoisotopic (exact) mass is 499 g/mol. The summed E-state index contributed by atoms with van der Waals surface area (Å²) in [7, 11) is 0. The molecule has 2 aromatic heterocycles. The van der Waals surface area contributed by atoms with E-state index < -0.39 is 0 Å². The van der Waals surface area contributed by atoms with Crippen molar-refractivity contribution in [2.75, 3.05) is 18.4 Å². The molecule has 0 fully saturated rings. The first-order valence-corrected chi connectivity index (χ1v) is 13.0. The zero-order valence-electron chi connectivity index (χ0n) is 21.8. The third-order valence-corrected chi connectivity index (χ3v) is 6.18. The van der Waals surface area contributed by atoms with E-state index in [4.69, 9.17) is 0 Å². The third-order valence-electron chi connectivity index (χ3n) is 6.18. The van der Waals surface area contributed by atoms with Crippen molar-refractivity contribution < 1.29 is 4.79 Å². The molecule has 4 rings (SSSR count). The van der Waals surface area contributed by atoms with Crippen LogP contribution in [0.25, 0.3) is 0 Å². The van der Waals surface area contributed by atoms with Crippen LogP contribution >= 0.6 is 0 Å². The summed E-state index contributed by atoms with van der Waals surface area (Å²) in [6, 6.07) is 15.9. The second-order valence-electron chi connectivity index (χ2n) is 9.34. The first kappa shape index (κ1) is 26.3. The zero-order chi connectivity index (χ0) is 25.9. The van der Waals surface area contributed by atoms with E-state index in [0.29, 0.717) is 18.7 Å². The summed E-state index contributed by atoms with van der Waals surface area (Å²) in [5.74, 6) is 1.71. The molecule has 0 unspecified atom stereocenters. The lowest BCUT2D eigenvalue weighted by atomic mass is 10.1. The topological polar surface area (TPSA) is 92.9 Å². The molecule has 2 aromatic carbocycles. The smallest absolute Gasteiger partial charge is 0.255 e. The molecule has 0 saturated heterocycles. The standard InChI is InChI=1S/C29H37N7O/c1-3-17-35(18-4-2)19-23-5-9-25(10-6-23)29(37)34-26-11-7-24(8-12-26)20-36(21-27-30-13-14-31-27)22-28-32-15-16-33-28/h5-16H,3-4,17-22H2,1-2H3,(H,30,31)(H,32,33)(H,34,37). The van der Waals surface area contributed by atoms with Crippen LogP contribution in [0.1, 0.15) is 59.8 Å². The summed E-state index contributed by atoms with van der Waals surface area (Å²) in [6.07, 6.45) is 9.48. The van der Waals surface area contributed by atoms with Crippen molar-refractivity contribution in [3.8, 4) is 0 Å². The predicted molar refractivity (Wildman–Crippen MR) is 147 cm³/mol. The Kier molecular flexibility index (Phi) is 9.62. The molecule has 0 saturated carbocycles. The summed E-state index contributed by atoms with van der Waals surface area (Å²) in [5.41, 5.74) is 3.81. The van der Waals surface area contributed by atoms with Gasteiger partial charge in [0.05, 0.1) is 13.1 Å². The molecule has 0 radical (unpaired) electrons. The van der Waals surface area contributed by atoms with Gasteiger partial charge < -0.3 is 15.3 Å². The van der Waals surface area contributed by atoms with E-state index in [2.05, 4.69) is 61.0 Å². The van der Waals surface area contributed by atoms with Crippen LogP contribution in [-0.4, -0.2) is 48.7 Å². The highest BCUT2D eigenvalue weighted by Crippen LogP contribution is 2.16. The molecule has 37 heavy (non-hydrogen) atoms. The number of nitrogens with zero attached hydrogens (tertiary/aromatic N) is 4. The Hall–Kier alpha value is -3.75. The Morgan fingerprint density at radius 3 is 1.73 bits per heavy atom. The molecule has 0 aliphatic rings. The number of H-pyrrole nitrogens is 2. The molecule has 0 bridgehead atoms. The Bertz CT molecular complexity index is 1140. The highest BCUT2D eigenvalue weighted by atomic mass is 16.1. The SMILES string of the molecule is CCCN(CCC)Cc1ccc(C(=O)Nc2ccc(CN(Cc3ncc[nH]3)Cc3ncc[nH]3)cc2)cc1. The van der Waals surface area contributed by atoms with Crippen LogP contribution in [0.3, 0.4) is 0 Å². The van der Waals surface area contributed by atoms with Crippen molar-refractivity contribution in [3.63, 3.8) is 0 Å². The van der Waals surface area contributed by atoms with E-state index in [-0.39, 0.29) is 5.91 Å². The van der Waals surface area contributed by atoms with Gasteiger partial charge in [-0.15, -0.1) is 0 Å². The number of carbonyl (C=O) groups is 1. The van der Waals surface area contributed by atoms with Crippen molar-refractivity contribution in [3.05, 3.63) is 102 Å². The molecule has 2 heterocycles. The van der Waals surface area contributed by atoms with Gasteiger partial charge in [0.1, 0.15) is 11.6 Å². The number of imidazole rings is 2. The van der Waals surface area contributed by atoms with Gasteiger partial charge in [0.25, 0.3) is 5.91 Å². The van der Waals surface area contributed by atoms with Crippen molar-refractivity contribution in [1.82, 2.24) is 29.7 Å². The number of hydrogen-bond acceptors (Lipinski definition) is 5. The second-order valence-corrected chi connectivity index (χ2v) is 9.34. The number of aromatic nitrogens is 4. The minimum Gasteiger partial charge on any atom is -0.348 e. The maximum Gasteiger partial charge on any atom is 0.255 e. The normalized spacial score (nSPS) is 11.4. The first-order valence-electron chi connectivity index (χ1n) is 13.0. The van der Waals surface area contributed by atoms with Crippen molar-refractivity contribution in [2.45, 2.75) is 52.9 Å². The van der Waals surface area contributed by atoms with E-state index in [1.165, 1.54) is 5.56 Å². The van der Waals surface area contributed by atoms with Crippen LogP contribution in [-0.2, 0) is 26.2 Å². The predicted octanol–water partition coefficient (Wildman–Crippen LogP) is 5.21. The molecule has 0 atom stereocenters. The van der Waals surface area contributed by atoms with Gasteiger partial charge in [-0.2, -0.15) is 0 Å². The van der Waals surface area contributed by atoms with Gasteiger partial charge in [0.2, 0.25) is 0 Å². The maximum absolute atomic E-state index is 12.8. The van der Waals surface area contributed by atoms with Crippen LogP contribution in [0, 0.1) is 0 Å². The number of hydrogen-bond donors (Lipinski definition) is 3. The fraction of sp³-hybridized carbons (Fsp3) is 0.345. The van der Waals surface area contributed by atoms with Crippen LogP contribution in [0.5, 0.6) is 0 Å². The Morgan fingerprint density at radius 1 is 0.730 bits per heavy atom.